The van der Waals surface area contributed by atoms with E-state index in [1.807, 2.05) is 32.2 Å². The van der Waals surface area contributed by atoms with E-state index in [1.54, 1.807) is 4.68 Å². The number of nitrogens with two attached hydrogens (primary N) is 1. The van der Waals surface area contributed by atoms with Crippen LogP contribution in [-0.2, 0) is 7.05 Å². The van der Waals surface area contributed by atoms with E-state index in [4.69, 9.17) is 5.73 Å². The molecule has 0 saturated carbocycles. The smallest absolute Gasteiger partial charge is 0.128 e. The molecule has 0 spiro atoms. The average molecular weight is 191 g/mol. The second kappa shape index (κ2) is 3.08. The first-order valence-electron chi connectivity index (χ1n) is 4.46. The van der Waals surface area contributed by atoms with Gasteiger partial charge in [0.1, 0.15) is 6.23 Å². The van der Waals surface area contributed by atoms with Gasteiger partial charge >= 0.3 is 0 Å². The van der Waals surface area contributed by atoms with Gasteiger partial charge in [0, 0.05) is 12.4 Å². The quantitative estimate of drug-likeness (QED) is 0.656. The molecule has 2 aromatic rings. The predicted molar refractivity (Wildman–Crippen MR) is 54.6 cm³/mol. The first-order valence-corrected chi connectivity index (χ1v) is 4.46. The van der Waals surface area contributed by atoms with Crippen LogP contribution in [-0.4, -0.2) is 14.9 Å². The monoisotopic (exact) mass is 191 g/mol. The van der Waals surface area contributed by atoms with Gasteiger partial charge in [0.25, 0.3) is 0 Å². The first kappa shape index (κ1) is 9.18. The summed E-state index contributed by atoms with van der Waals surface area (Å²) in [7, 11) is 1.88. The third-order valence-electron chi connectivity index (χ3n) is 2.40. The molecule has 1 aromatic heterocycles. The lowest BCUT2D eigenvalue weighted by Crippen LogP contribution is -2.08. The molecule has 74 valence electrons. The minimum absolute atomic E-state index is 0.709. The molecular weight excluding hydrogens is 178 g/mol. The Morgan fingerprint density at radius 2 is 2.21 bits per heavy atom. The van der Waals surface area contributed by atoms with Crippen molar-refractivity contribution in [3.8, 4) is 0 Å². The van der Waals surface area contributed by atoms with Crippen LogP contribution in [0.3, 0.4) is 0 Å². The molecule has 0 aliphatic rings. The molecule has 0 bridgehead atoms. The molecule has 0 fully saturated rings. The minimum atomic E-state index is -0.922. The minimum Gasteiger partial charge on any atom is -0.375 e. The summed E-state index contributed by atoms with van der Waals surface area (Å²) in [5.41, 5.74) is 8.07. The summed E-state index contributed by atoms with van der Waals surface area (Å²) in [5, 5.41) is 14.6. The van der Waals surface area contributed by atoms with Gasteiger partial charge < -0.3 is 10.8 Å². The summed E-state index contributed by atoms with van der Waals surface area (Å²) in [5.74, 6) is 0. The molecule has 3 N–H and O–H groups in total. The van der Waals surface area contributed by atoms with Gasteiger partial charge in [0.05, 0.1) is 11.2 Å². The van der Waals surface area contributed by atoms with Crippen LogP contribution in [0.5, 0.6) is 0 Å². The summed E-state index contributed by atoms with van der Waals surface area (Å²) in [4.78, 5) is 0. The van der Waals surface area contributed by atoms with E-state index in [1.165, 1.54) is 0 Å². The Labute approximate surface area is 81.9 Å². The molecule has 4 heteroatoms. The van der Waals surface area contributed by atoms with Crippen molar-refractivity contribution in [2.45, 2.75) is 13.2 Å². The largest absolute Gasteiger partial charge is 0.375 e. The van der Waals surface area contributed by atoms with Gasteiger partial charge in [-0.25, -0.2) is 0 Å². The van der Waals surface area contributed by atoms with Gasteiger partial charge in [0.15, 0.2) is 0 Å². The number of nitrogens with zero attached hydrogens (tertiary/aromatic N) is 2. The SMILES string of the molecule is Cc1nn(C)c2cc(C(N)O)ccc12. The van der Waals surface area contributed by atoms with E-state index in [-0.39, 0.29) is 0 Å². The van der Waals surface area contributed by atoms with Gasteiger partial charge in [-0.2, -0.15) is 5.10 Å². The fraction of sp³-hybridized carbons (Fsp3) is 0.300. The molecule has 1 heterocycles. The molecule has 2 rings (SSSR count). The summed E-state index contributed by atoms with van der Waals surface area (Å²) in [6.45, 7) is 1.96. The number of hydrogen-bond acceptors (Lipinski definition) is 3. The van der Waals surface area contributed by atoms with Crippen LogP contribution in [0.25, 0.3) is 10.9 Å². The fourth-order valence-corrected chi connectivity index (χ4v) is 1.64. The van der Waals surface area contributed by atoms with Gasteiger partial charge in [0.2, 0.25) is 0 Å². The molecule has 4 nitrogen and oxygen atoms in total. The topological polar surface area (TPSA) is 64.1 Å². The first-order chi connectivity index (χ1) is 6.59. The number of aliphatic hydroxyl groups is 1. The lowest BCUT2D eigenvalue weighted by molar-refractivity contribution is 0.186. The van der Waals surface area contributed by atoms with Crippen molar-refractivity contribution in [1.29, 1.82) is 0 Å². The van der Waals surface area contributed by atoms with Gasteiger partial charge in [-0.1, -0.05) is 12.1 Å². The Morgan fingerprint density at radius 3 is 2.86 bits per heavy atom. The van der Waals surface area contributed by atoms with E-state index in [0.29, 0.717) is 5.56 Å². The van der Waals surface area contributed by atoms with Crippen molar-refractivity contribution in [3.05, 3.63) is 29.5 Å². The average Bonchev–Trinajstić information content (AvgIpc) is 2.42. The number of aliphatic hydroxyl groups excluding tert-OH is 1. The van der Waals surface area contributed by atoms with E-state index >= 15 is 0 Å². The second-order valence-electron chi connectivity index (χ2n) is 3.43. The molecule has 0 aliphatic carbocycles. The Morgan fingerprint density at radius 1 is 1.50 bits per heavy atom. The van der Waals surface area contributed by atoms with Gasteiger partial charge in [-0.3, -0.25) is 4.68 Å². The zero-order chi connectivity index (χ0) is 10.3. The Hall–Kier alpha value is -1.39. The number of fused-ring (bicyclic) bond motifs is 1. The Kier molecular flexibility index (Phi) is 2.02. The highest BCUT2D eigenvalue weighted by atomic mass is 16.3. The highest BCUT2D eigenvalue weighted by Gasteiger charge is 2.07. The molecule has 0 radical (unpaired) electrons. The maximum absolute atomic E-state index is 9.23. The standard InChI is InChI=1S/C10H13N3O/c1-6-8-4-3-7(10(11)14)5-9(8)13(2)12-6/h3-5,10,14H,11H2,1-2H3. The van der Waals surface area contributed by atoms with Crippen LogP contribution in [0, 0.1) is 6.92 Å². The van der Waals surface area contributed by atoms with Crippen molar-refractivity contribution in [3.63, 3.8) is 0 Å². The van der Waals surface area contributed by atoms with Crippen LogP contribution < -0.4 is 5.73 Å². The second-order valence-corrected chi connectivity index (χ2v) is 3.43. The normalized spacial score (nSPS) is 13.4. The van der Waals surface area contributed by atoms with E-state index < -0.39 is 6.23 Å². The molecule has 1 unspecified atom stereocenters. The summed E-state index contributed by atoms with van der Waals surface area (Å²) >= 11 is 0. The van der Waals surface area contributed by atoms with Crippen molar-refractivity contribution >= 4 is 10.9 Å². The third kappa shape index (κ3) is 1.29. The summed E-state index contributed by atoms with van der Waals surface area (Å²) < 4.78 is 1.79. The number of rotatable bonds is 1. The van der Waals surface area contributed by atoms with E-state index in [2.05, 4.69) is 5.10 Å². The highest BCUT2D eigenvalue weighted by Crippen LogP contribution is 2.20. The predicted octanol–water partition coefficient (Wildman–Crippen LogP) is 0.831. The number of hydrogen-bond donors (Lipinski definition) is 2. The third-order valence-corrected chi connectivity index (χ3v) is 2.40. The number of benzene rings is 1. The molecular formula is C10H13N3O. The fourth-order valence-electron chi connectivity index (χ4n) is 1.64. The van der Waals surface area contributed by atoms with Crippen molar-refractivity contribution < 1.29 is 5.11 Å². The summed E-state index contributed by atoms with van der Waals surface area (Å²) in [6.07, 6.45) is -0.922. The Balaban J connectivity index is 2.71. The molecule has 0 aliphatic heterocycles. The number of aryl methyl sites for hydroxylation is 2. The van der Waals surface area contributed by atoms with Crippen molar-refractivity contribution in [2.75, 3.05) is 0 Å². The van der Waals surface area contributed by atoms with Crippen LogP contribution in [0.1, 0.15) is 17.5 Å². The zero-order valence-corrected chi connectivity index (χ0v) is 8.23. The van der Waals surface area contributed by atoms with Crippen molar-refractivity contribution in [1.82, 2.24) is 9.78 Å². The lowest BCUT2D eigenvalue weighted by Gasteiger charge is -2.04. The zero-order valence-electron chi connectivity index (χ0n) is 8.23. The van der Waals surface area contributed by atoms with Crippen LogP contribution in [0.15, 0.2) is 18.2 Å². The van der Waals surface area contributed by atoms with Crippen molar-refractivity contribution in [2.24, 2.45) is 12.8 Å². The molecule has 0 amide bonds. The van der Waals surface area contributed by atoms with E-state index in [0.717, 1.165) is 16.6 Å². The maximum atomic E-state index is 9.23. The number of aromatic nitrogens is 2. The van der Waals surface area contributed by atoms with Gasteiger partial charge in [-0.05, 0) is 18.6 Å². The van der Waals surface area contributed by atoms with Gasteiger partial charge in [-0.15, -0.1) is 0 Å². The van der Waals surface area contributed by atoms with E-state index in [9.17, 15) is 5.11 Å². The van der Waals surface area contributed by atoms with Crippen LogP contribution >= 0.6 is 0 Å². The van der Waals surface area contributed by atoms with Crippen LogP contribution in [0.2, 0.25) is 0 Å². The highest BCUT2D eigenvalue weighted by molar-refractivity contribution is 5.82. The Bertz CT molecular complexity index is 473. The molecule has 1 atom stereocenters. The maximum Gasteiger partial charge on any atom is 0.128 e. The van der Waals surface area contributed by atoms with Crippen LogP contribution in [0.4, 0.5) is 0 Å². The molecule has 0 saturated heterocycles. The summed E-state index contributed by atoms with van der Waals surface area (Å²) in [6, 6.07) is 5.62. The molecule has 14 heavy (non-hydrogen) atoms. The molecule has 1 aromatic carbocycles. The lowest BCUT2D eigenvalue weighted by atomic mass is 10.1.